The first kappa shape index (κ1) is 20.6. The summed E-state index contributed by atoms with van der Waals surface area (Å²) in [6.07, 6.45) is -0.706. The van der Waals surface area contributed by atoms with Crippen LogP contribution in [-0.4, -0.2) is 22.3 Å². The largest absolute Gasteiger partial charge is 0.489 e. The van der Waals surface area contributed by atoms with Gasteiger partial charge in [-0.3, -0.25) is 4.79 Å². The van der Waals surface area contributed by atoms with Gasteiger partial charge in [-0.2, -0.15) is 0 Å². The maximum Gasteiger partial charge on any atom is 0.307 e. The van der Waals surface area contributed by atoms with Crippen molar-refractivity contribution in [1.82, 2.24) is 0 Å². The Bertz CT molecular complexity index is 984. The zero-order valence-corrected chi connectivity index (χ0v) is 16.3. The normalized spacial score (nSPS) is 12.9. The molecule has 5 heteroatoms. The maximum atomic E-state index is 11.0. The fourth-order valence-corrected chi connectivity index (χ4v) is 3.16. The van der Waals surface area contributed by atoms with Gasteiger partial charge in [0.15, 0.2) is 0 Å². The van der Waals surface area contributed by atoms with Gasteiger partial charge in [-0.15, -0.1) is 0 Å². The summed E-state index contributed by atoms with van der Waals surface area (Å²) < 4.78 is 5.89. The van der Waals surface area contributed by atoms with Crippen LogP contribution in [0, 0.1) is 0 Å². The van der Waals surface area contributed by atoms with E-state index >= 15 is 0 Å². The van der Waals surface area contributed by atoms with Crippen LogP contribution >= 0.6 is 0 Å². The fraction of sp³-hybridized carbons (Fsp3) is 0.208. The SMILES string of the molecule is C[C@H](O)[C@@H](N)c1cccc(-c2cccc(COc3ccccc3CC(=O)O)c2)c1. The van der Waals surface area contributed by atoms with Crippen LogP contribution in [0.15, 0.2) is 72.8 Å². The second kappa shape index (κ2) is 9.37. The van der Waals surface area contributed by atoms with Crippen molar-refractivity contribution in [3.05, 3.63) is 89.5 Å². The quantitative estimate of drug-likeness (QED) is 0.541. The third-order valence-corrected chi connectivity index (χ3v) is 4.76. The topological polar surface area (TPSA) is 92.8 Å². The lowest BCUT2D eigenvalue weighted by molar-refractivity contribution is -0.136. The molecule has 0 radical (unpaired) electrons. The standard InChI is InChI=1S/C24H25NO4/c1-16(26)24(25)21-10-5-9-19(13-21)18-8-4-6-17(12-18)15-29-22-11-3-2-7-20(22)14-23(27)28/h2-13,16,24,26H,14-15,25H2,1H3,(H,27,28)/t16-,24+/m0/s1. The Morgan fingerprint density at radius 1 is 1.00 bits per heavy atom. The highest BCUT2D eigenvalue weighted by Crippen LogP contribution is 2.26. The van der Waals surface area contributed by atoms with E-state index in [1.165, 1.54) is 0 Å². The first-order chi connectivity index (χ1) is 13.9. The molecule has 4 N–H and O–H groups in total. The van der Waals surface area contributed by atoms with E-state index in [0.29, 0.717) is 17.9 Å². The second-order valence-electron chi connectivity index (χ2n) is 7.06. The lowest BCUT2D eigenvalue weighted by Gasteiger charge is -2.16. The summed E-state index contributed by atoms with van der Waals surface area (Å²) in [6, 6.07) is 22.5. The van der Waals surface area contributed by atoms with E-state index in [1.807, 2.05) is 54.6 Å². The van der Waals surface area contributed by atoms with Crippen molar-refractivity contribution in [3.63, 3.8) is 0 Å². The molecule has 2 atom stereocenters. The summed E-state index contributed by atoms with van der Waals surface area (Å²) in [5.74, 6) is -0.316. The summed E-state index contributed by atoms with van der Waals surface area (Å²) in [5, 5.41) is 18.8. The molecule has 0 spiro atoms. The zero-order valence-electron chi connectivity index (χ0n) is 16.3. The van der Waals surface area contributed by atoms with Crippen molar-refractivity contribution in [2.75, 3.05) is 0 Å². The van der Waals surface area contributed by atoms with Gasteiger partial charge in [0.1, 0.15) is 12.4 Å². The first-order valence-corrected chi connectivity index (χ1v) is 9.49. The number of rotatable bonds is 8. The number of carboxylic acid groups (broad SMARTS) is 1. The second-order valence-corrected chi connectivity index (χ2v) is 7.06. The minimum atomic E-state index is -0.890. The summed E-state index contributed by atoms with van der Waals surface area (Å²) in [6.45, 7) is 2.01. The van der Waals surface area contributed by atoms with E-state index in [1.54, 1.807) is 25.1 Å². The van der Waals surface area contributed by atoms with Gasteiger partial charge < -0.3 is 20.7 Å². The number of carbonyl (C=O) groups is 1. The van der Waals surface area contributed by atoms with Crippen molar-refractivity contribution in [3.8, 4) is 16.9 Å². The van der Waals surface area contributed by atoms with Gasteiger partial charge >= 0.3 is 5.97 Å². The smallest absolute Gasteiger partial charge is 0.307 e. The van der Waals surface area contributed by atoms with E-state index < -0.39 is 18.1 Å². The van der Waals surface area contributed by atoms with E-state index in [4.69, 9.17) is 15.6 Å². The number of hydrogen-bond acceptors (Lipinski definition) is 4. The summed E-state index contributed by atoms with van der Waals surface area (Å²) in [7, 11) is 0. The minimum absolute atomic E-state index is 0.0768. The number of nitrogens with two attached hydrogens (primary N) is 1. The highest BCUT2D eigenvalue weighted by atomic mass is 16.5. The van der Waals surface area contributed by atoms with Crippen molar-refractivity contribution >= 4 is 5.97 Å². The monoisotopic (exact) mass is 391 g/mol. The summed E-state index contributed by atoms with van der Waals surface area (Å²) in [5.41, 5.74) is 10.6. The molecule has 0 fully saturated rings. The molecular formula is C24H25NO4. The van der Waals surface area contributed by atoms with Crippen molar-refractivity contribution < 1.29 is 19.7 Å². The Balaban J connectivity index is 1.78. The highest BCUT2D eigenvalue weighted by molar-refractivity contribution is 5.71. The number of ether oxygens (including phenoxy) is 1. The van der Waals surface area contributed by atoms with Crippen molar-refractivity contribution in [1.29, 1.82) is 0 Å². The van der Waals surface area contributed by atoms with Crippen LogP contribution in [0.1, 0.15) is 29.7 Å². The number of benzene rings is 3. The predicted octanol–water partition coefficient (Wildman–Crippen LogP) is 3.94. The van der Waals surface area contributed by atoms with E-state index in [0.717, 1.165) is 22.3 Å². The summed E-state index contributed by atoms with van der Waals surface area (Å²) >= 11 is 0. The van der Waals surface area contributed by atoms with Gasteiger partial charge in [0.05, 0.1) is 18.6 Å². The number of carboxylic acids is 1. The van der Waals surface area contributed by atoms with Gasteiger partial charge in [0, 0.05) is 5.56 Å². The lowest BCUT2D eigenvalue weighted by Crippen LogP contribution is -2.23. The molecule has 29 heavy (non-hydrogen) atoms. The lowest BCUT2D eigenvalue weighted by atomic mass is 9.97. The molecule has 0 saturated heterocycles. The molecular weight excluding hydrogens is 366 g/mol. The maximum absolute atomic E-state index is 11.0. The zero-order chi connectivity index (χ0) is 20.8. The molecule has 3 rings (SSSR count). The molecule has 0 heterocycles. The number of aliphatic hydroxyl groups excluding tert-OH is 1. The Morgan fingerprint density at radius 3 is 2.41 bits per heavy atom. The van der Waals surface area contributed by atoms with Crippen LogP contribution in [0.25, 0.3) is 11.1 Å². The molecule has 0 unspecified atom stereocenters. The third kappa shape index (κ3) is 5.44. The molecule has 0 bridgehead atoms. The van der Waals surface area contributed by atoms with Crippen molar-refractivity contribution in [2.45, 2.75) is 32.1 Å². The fourth-order valence-electron chi connectivity index (χ4n) is 3.16. The molecule has 0 aliphatic heterocycles. The van der Waals surface area contributed by atoms with Crippen LogP contribution in [0.4, 0.5) is 0 Å². The minimum Gasteiger partial charge on any atom is -0.489 e. The van der Waals surface area contributed by atoms with Crippen LogP contribution < -0.4 is 10.5 Å². The number of hydrogen-bond donors (Lipinski definition) is 3. The number of aliphatic carboxylic acids is 1. The Labute approximate surface area is 170 Å². The first-order valence-electron chi connectivity index (χ1n) is 9.49. The Morgan fingerprint density at radius 2 is 1.69 bits per heavy atom. The highest BCUT2D eigenvalue weighted by Gasteiger charge is 2.13. The van der Waals surface area contributed by atoms with Crippen molar-refractivity contribution in [2.24, 2.45) is 5.73 Å². The van der Waals surface area contributed by atoms with Crippen LogP contribution in [0.3, 0.4) is 0 Å². The van der Waals surface area contributed by atoms with Crippen LogP contribution in [-0.2, 0) is 17.8 Å². The molecule has 5 nitrogen and oxygen atoms in total. The average Bonchev–Trinajstić information content (AvgIpc) is 2.72. The Kier molecular flexibility index (Phi) is 6.65. The van der Waals surface area contributed by atoms with E-state index in [9.17, 15) is 9.90 Å². The van der Waals surface area contributed by atoms with Crippen LogP contribution in [0.5, 0.6) is 5.75 Å². The molecule has 0 aliphatic rings. The average molecular weight is 391 g/mol. The van der Waals surface area contributed by atoms with Gasteiger partial charge in [-0.25, -0.2) is 0 Å². The molecule has 0 aliphatic carbocycles. The van der Waals surface area contributed by atoms with E-state index in [2.05, 4.69) is 0 Å². The van der Waals surface area contributed by atoms with Crippen LogP contribution in [0.2, 0.25) is 0 Å². The van der Waals surface area contributed by atoms with Gasteiger partial charge in [-0.05, 0) is 47.4 Å². The molecule has 0 amide bonds. The third-order valence-electron chi connectivity index (χ3n) is 4.76. The molecule has 0 aromatic heterocycles. The van der Waals surface area contributed by atoms with Gasteiger partial charge in [0.2, 0.25) is 0 Å². The van der Waals surface area contributed by atoms with Gasteiger partial charge in [-0.1, -0.05) is 54.6 Å². The number of aliphatic hydroxyl groups is 1. The molecule has 0 saturated carbocycles. The number of para-hydroxylation sites is 1. The molecule has 3 aromatic carbocycles. The van der Waals surface area contributed by atoms with E-state index in [-0.39, 0.29) is 6.42 Å². The van der Waals surface area contributed by atoms with Gasteiger partial charge in [0.25, 0.3) is 0 Å². The predicted molar refractivity (Wildman–Crippen MR) is 113 cm³/mol. The molecule has 150 valence electrons. The Hall–Kier alpha value is -3.15. The molecule has 3 aromatic rings. The summed E-state index contributed by atoms with van der Waals surface area (Å²) in [4.78, 5) is 11.0.